The van der Waals surface area contributed by atoms with E-state index in [1.54, 1.807) is 20.3 Å². The third-order valence-electron chi connectivity index (χ3n) is 5.27. The zero-order valence-corrected chi connectivity index (χ0v) is 20.3. The first-order chi connectivity index (χ1) is 15.4. The van der Waals surface area contributed by atoms with E-state index in [4.69, 9.17) is 9.47 Å². The zero-order valence-electron chi connectivity index (χ0n) is 20.3. The first-order valence-corrected chi connectivity index (χ1v) is 11.1. The van der Waals surface area contributed by atoms with Crippen molar-refractivity contribution in [3.8, 4) is 0 Å². The Morgan fingerprint density at radius 1 is 0.812 bits per heavy atom. The van der Waals surface area contributed by atoms with Crippen molar-refractivity contribution in [1.82, 2.24) is 0 Å². The smallest absolute Gasteiger partial charge is 0.186 e. The third-order valence-corrected chi connectivity index (χ3v) is 5.27. The number of hydrogen-bond acceptors (Lipinski definition) is 3. The molecule has 0 fully saturated rings. The van der Waals surface area contributed by atoms with Crippen molar-refractivity contribution in [3.05, 3.63) is 99.2 Å². The molecule has 2 aromatic carbocycles. The molecule has 3 heteroatoms. The molecule has 2 aromatic rings. The van der Waals surface area contributed by atoms with Crippen molar-refractivity contribution in [2.24, 2.45) is 0 Å². The largest absolute Gasteiger partial charge is 0.380 e. The quantitative estimate of drug-likeness (QED) is 0.220. The van der Waals surface area contributed by atoms with Crippen molar-refractivity contribution in [2.75, 3.05) is 14.2 Å². The fraction of sp³-hybridized carbons (Fsp3) is 0.345. The molecule has 0 atom stereocenters. The van der Waals surface area contributed by atoms with Crippen LogP contribution in [-0.2, 0) is 35.5 Å². The number of carbonyl (C=O) groups excluding carboxylic acids is 1. The number of methoxy groups -OCH3 is 2. The Bertz CT molecular complexity index is 987. The van der Waals surface area contributed by atoms with Crippen LogP contribution in [0.1, 0.15) is 65.9 Å². The number of allylic oxidation sites excluding steroid dienone is 5. The average molecular weight is 433 g/mol. The summed E-state index contributed by atoms with van der Waals surface area (Å²) in [7, 11) is 3.39. The van der Waals surface area contributed by atoms with Gasteiger partial charge in [-0.25, -0.2) is 0 Å². The number of ether oxygens (including phenoxy) is 2. The minimum absolute atomic E-state index is 0.0123. The highest BCUT2D eigenvalue weighted by Gasteiger charge is 2.20. The van der Waals surface area contributed by atoms with E-state index >= 15 is 0 Å². The molecule has 0 aliphatic carbocycles. The molecule has 0 heterocycles. The highest BCUT2D eigenvalue weighted by Crippen LogP contribution is 2.28. The van der Waals surface area contributed by atoms with Crippen LogP contribution in [0.2, 0.25) is 0 Å². The lowest BCUT2D eigenvalue weighted by Gasteiger charge is -2.21. The third kappa shape index (κ3) is 7.44. The molecule has 0 aliphatic heterocycles. The number of rotatable bonds is 11. The molecular weight excluding hydrogens is 396 g/mol. The van der Waals surface area contributed by atoms with Crippen molar-refractivity contribution in [1.29, 1.82) is 0 Å². The fourth-order valence-corrected chi connectivity index (χ4v) is 3.61. The summed E-state index contributed by atoms with van der Waals surface area (Å²) in [6, 6.07) is 11.9. The molecule has 0 radical (unpaired) electrons. The van der Waals surface area contributed by atoms with Gasteiger partial charge in [-0.1, -0.05) is 59.7 Å². The minimum Gasteiger partial charge on any atom is -0.380 e. The Kier molecular flexibility index (Phi) is 10.3. The topological polar surface area (TPSA) is 35.5 Å². The van der Waals surface area contributed by atoms with E-state index in [0.29, 0.717) is 18.8 Å². The number of carbonyl (C=O) groups is 1. The normalized spacial score (nSPS) is 10.9. The van der Waals surface area contributed by atoms with Crippen LogP contribution < -0.4 is 0 Å². The predicted molar refractivity (Wildman–Crippen MR) is 134 cm³/mol. The van der Waals surface area contributed by atoms with Gasteiger partial charge >= 0.3 is 0 Å². The Balaban J connectivity index is 2.68. The van der Waals surface area contributed by atoms with Gasteiger partial charge in [0.15, 0.2) is 5.78 Å². The van der Waals surface area contributed by atoms with Crippen LogP contribution in [0.15, 0.2) is 65.8 Å². The first-order valence-electron chi connectivity index (χ1n) is 11.1. The summed E-state index contributed by atoms with van der Waals surface area (Å²) in [5, 5.41) is 0. The molecule has 0 spiro atoms. The second kappa shape index (κ2) is 12.9. The fourth-order valence-electron chi connectivity index (χ4n) is 3.61. The van der Waals surface area contributed by atoms with Gasteiger partial charge in [0.25, 0.3) is 0 Å². The molecule has 0 unspecified atom stereocenters. The molecule has 0 saturated heterocycles. The van der Waals surface area contributed by atoms with Crippen LogP contribution in [0, 0.1) is 0 Å². The van der Waals surface area contributed by atoms with Gasteiger partial charge in [0.05, 0.1) is 13.2 Å². The molecule has 0 N–H and O–H groups in total. The monoisotopic (exact) mass is 432 g/mol. The molecule has 0 aliphatic rings. The first kappa shape index (κ1) is 25.5. The van der Waals surface area contributed by atoms with Crippen LogP contribution in [-0.4, -0.2) is 20.0 Å². The summed E-state index contributed by atoms with van der Waals surface area (Å²) in [5.41, 5.74) is 8.54. The lowest BCUT2D eigenvalue weighted by atomic mass is 9.86. The van der Waals surface area contributed by atoms with Crippen molar-refractivity contribution >= 4 is 11.9 Å². The second-order valence-electron chi connectivity index (χ2n) is 8.46. The molecule has 2 rings (SSSR count). The van der Waals surface area contributed by atoms with Gasteiger partial charge in [0.1, 0.15) is 0 Å². The number of hydrogen-bond donors (Lipinski definition) is 0. The molecule has 170 valence electrons. The zero-order chi connectivity index (χ0) is 23.5. The summed E-state index contributed by atoms with van der Waals surface area (Å²) in [5.74, 6) is -0.0123. The van der Waals surface area contributed by atoms with E-state index in [0.717, 1.165) is 40.7 Å². The van der Waals surface area contributed by atoms with Gasteiger partial charge < -0.3 is 9.47 Å². The summed E-state index contributed by atoms with van der Waals surface area (Å²) >= 11 is 0. The predicted octanol–water partition coefficient (Wildman–Crippen LogP) is 6.89. The van der Waals surface area contributed by atoms with Crippen LogP contribution in [0.4, 0.5) is 0 Å². The summed E-state index contributed by atoms with van der Waals surface area (Å²) in [6.45, 7) is 9.25. The Morgan fingerprint density at radius 2 is 1.41 bits per heavy atom. The van der Waals surface area contributed by atoms with E-state index in [9.17, 15) is 4.79 Å². The highest BCUT2D eigenvalue weighted by atomic mass is 16.5. The molecule has 0 saturated carbocycles. The summed E-state index contributed by atoms with van der Waals surface area (Å²) in [6.07, 6.45) is 9.43. The standard InChI is InChI=1S/C29H36O3/c1-21(2)12-15-24-18-26(29(30)17-14-23-10-8-7-9-11-23)28(20-32-6)25(16-13-22(3)4)27(24)19-31-5/h7-14,17-18H,15-16,19-20H2,1-6H3/b17-14+. The van der Waals surface area contributed by atoms with Gasteiger partial charge in [-0.05, 0) is 80.5 Å². The number of ketones is 1. The van der Waals surface area contributed by atoms with Crippen molar-refractivity contribution in [3.63, 3.8) is 0 Å². The Morgan fingerprint density at radius 3 is 2.00 bits per heavy atom. The van der Waals surface area contributed by atoms with E-state index in [2.05, 4.69) is 39.8 Å². The highest BCUT2D eigenvalue weighted by molar-refractivity contribution is 6.08. The maximum absolute atomic E-state index is 13.4. The number of benzene rings is 2. The van der Waals surface area contributed by atoms with E-state index in [-0.39, 0.29) is 5.78 Å². The van der Waals surface area contributed by atoms with Gasteiger partial charge in [-0.15, -0.1) is 0 Å². The van der Waals surface area contributed by atoms with E-state index in [1.165, 1.54) is 11.1 Å². The molecule has 3 nitrogen and oxygen atoms in total. The summed E-state index contributed by atoms with van der Waals surface area (Å²) < 4.78 is 11.1. The van der Waals surface area contributed by atoms with E-state index in [1.807, 2.05) is 42.5 Å². The van der Waals surface area contributed by atoms with E-state index < -0.39 is 0 Å². The van der Waals surface area contributed by atoms with Gasteiger partial charge in [0, 0.05) is 19.8 Å². The Labute approximate surface area is 193 Å². The van der Waals surface area contributed by atoms with Crippen molar-refractivity contribution < 1.29 is 14.3 Å². The molecule has 32 heavy (non-hydrogen) atoms. The average Bonchev–Trinajstić information content (AvgIpc) is 2.77. The molecular formula is C29H36O3. The molecule has 0 bridgehead atoms. The van der Waals surface area contributed by atoms with Gasteiger partial charge in [-0.2, -0.15) is 0 Å². The molecule has 0 amide bonds. The Hall–Kier alpha value is -2.75. The van der Waals surface area contributed by atoms with Crippen LogP contribution in [0.3, 0.4) is 0 Å². The van der Waals surface area contributed by atoms with Crippen LogP contribution in [0.5, 0.6) is 0 Å². The maximum atomic E-state index is 13.4. The van der Waals surface area contributed by atoms with Gasteiger partial charge in [0.2, 0.25) is 0 Å². The maximum Gasteiger partial charge on any atom is 0.186 e. The molecule has 0 aromatic heterocycles. The van der Waals surface area contributed by atoms with Crippen LogP contribution >= 0.6 is 0 Å². The van der Waals surface area contributed by atoms with Crippen molar-refractivity contribution in [2.45, 2.75) is 53.8 Å². The lowest BCUT2D eigenvalue weighted by molar-refractivity contribution is 0.104. The summed E-state index contributed by atoms with van der Waals surface area (Å²) in [4.78, 5) is 13.4. The SMILES string of the molecule is COCc1c(CC=C(C)C)cc(C(=O)/C=C/c2ccccc2)c(COC)c1CC=C(C)C. The van der Waals surface area contributed by atoms with Crippen LogP contribution in [0.25, 0.3) is 6.08 Å². The minimum atomic E-state index is -0.0123. The lowest BCUT2D eigenvalue weighted by Crippen LogP contribution is -2.13. The second-order valence-corrected chi connectivity index (χ2v) is 8.46. The van der Waals surface area contributed by atoms with Gasteiger partial charge in [-0.3, -0.25) is 4.79 Å².